The van der Waals surface area contributed by atoms with Crippen molar-refractivity contribution in [3.8, 4) is 5.69 Å². The Balaban J connectivity index is 2.00. The zero-order valence-electron chi connectivity index (χ0n) is 11.0. The second kappa shape index (κ2) is 5.07. The monoisotopic (exact) mass is 274 g/mol. The van der Waals surface area contributed by atoms with Crippen LogP contribution in [-0.4, -0.2) is 9.13 Å². The van der Waals surface area contributed by atoms with Gasteiger partial charge in [-0.05, 0) is 37.0 Å². The Kier molecular flexibility index (Phi) is 3.26. The van der Waals surface area contributed by atoms with Crippen LogP contribution in [0.5, 0.6) is 0 Å². The molecular formula is C15H15FN2O2. The number of halogens is 1. The fourth-order valence-corrected chi connectivity index (χ4v) is 2.44. The summed E-state index contributed by atoms with van der Waals surface area (Å²) >= 11 is 0. The minimum atomic E-state index is -0.641. The molecule has 1 aromatic carbocycles. The highest BCUT2D eigenvalue weighted by molar-refractivity contribution is 5.31. The fourth-order valence-electron chi connectivity index (χ4n) is 2.44. The van der Waals surface area contributed by atoms with Crippen molar-refractivity contribution >= 4 is 0 Å². The van der Waals surface area contributed by atoms with Crippen LogP contribution in [0.15, 0.2) is 46.2 Å². The zero-order chi connectivity index (χ0) is 14.1. The van der Waals surface area contributed by atoms with Crippen molar-refractivity contribution in [2.45, 2.75) is 25.8 Å². The molecule has 0 aliphatic heterocycles. The molecule has 3 rings (SSSR count). The molecular weight excluding hydrogens is 259 g/mol. The molecule has 0 radical (unpaired) electrons. The summed E-state index contributed by atoms with van der Waals surface area (Å²) in [5, 5.41) is 0. The molecule has 1 fully saturated rings. The average Bonchev–Trinajstić information content (AvgIpc) is 2.38. The third-order valence-corrected chi connectivity index (χ3v) is 3.82. The van der Waals surface area contributed by atoms with Crippen LogP contribution in [0.3, 0.4) is 0 Å². The van der Waals surface area contributed by atoms with E-state index in [1.165, 1.54) is 40.0 Å². The molecule has 4 nitrogen and oxygen atoms in total. The summed E-state index contributed by atoms with van der Waals surface area (Å²) in [5.74, 6) is 0.0603. The third kappa shape index (κ3) is 2.31. The van der Waals surface area contributed by atoms with Crippen LogP contribution in [0.25, 0.3) is 5.69 Å². The summed E-state index contributed by atoms with van der Waals surface area (Å²) in [6.45, 7) is 0.595. The quantitative estimate of drug-likeness (QED) is 0.803. The number of nitrogens with zero attached hydrogens (tertiary/aromatic N) is 2. The maximum absolute atomic E-state index is 13.2. The van der Waals surface area contributed by atoms with Gasteiger partial charge >= 0.3 is 11.1 Å². The molecule has 1 aromatic heterocycles. The van der Waals surface area contributed by atoms with Gasteiger partial charge in [0.2, 0.25) is 0 Å². The highest BCUT2D eigenvalue weighted by Crippen LogP contribution is 2.27. The second-order valence-corrected chi connectivity index (χ2v) is 5.21. The number of rotatable bonds is 3. The van der Waals surface area contributed by atoms with E-state index in [1.807, 2.05) is 0 Å². The van der Waals surface area contributed by atoms with Gasteiger partial charge in [-0.1, -0.05) is 12.5 Å². The van der Waals surface area contributed by atoms with Gasteiger partial charge in [0, 0.05) is 18.9 Å². The molecule has 1 aliphatic rings. The molecule has 0 unspecified atom stereocenters. The van der Waals surface area contributed by atoms with Crippen molar-refractivity contribution in [1.29, 1.82) is 0 Å². The largest absolute Gasteiger partial charge is 0.320 e. The van der Waals surface area contributed by atoms with Gasteiger partial charge in [0.25, 0.3) is 0 Å². The summed E-state index contributed by atoms with van der Waals surface area (Å²) in [4.78, 5) is 24.2. The second-order valence-electron chi connectivity index (χ2n) is 5.21. The maximum Gasteiger partial charge on any atom is 0.320 e. The van der Waals surface area contributed by atoms with Crippen molar-refractivity contribution in [2.24, 2.45) is 5.92 Å². The van der Waals surface area contributed by atoms with E-state index in [1.54, 1.807) is 12.3 Å². The Hall–Kier alpha value is -2.17. The molecule has 1 aliphatic carbocycles. The van der Waals surface area contributed by atoms with E-state index in [0.29, 0.717) is 18.2 Å². The number of hydrogen-bond donors (Lipinski definition) is 0. The first kappa shape index (κ1) is 12.8. The van der Waals surface area contributed by atoms with E-state index in [-0.39, 0.29) is 0 Å². The first-order valence-corrected chi connectivity index (χ1v) is 6.73. The SMILES string of the molecule is O=c1c(=O)n(-c2cccc(F)c2)ccn1CC1CCC1. The van der Waals surface area contributed by atoms with Gasteiger partial charge in [0.05, 0.1) is 5.69 Å². The molecule has 0 N–H and O–H groups in total. The molecule has 0 bridgehead atoms. The molecule has 0 spiro atoms. The molecule has 1 heterocycles. The minimum absolute atomic E-state index is 0.364. The van der Waals surface area contributed by atoms with Crippen molar-refractivity contribution in [3.63, 3.8) is 0 Å². The highest BCUT2D eigenvalue weighted by Gasteiger charge is 2.19. The minimum Gasteiger partial charge on any atom is -0.309 e. The molecule has 0 atom stereocenters. The molecule has 0 amide bonds. The number of benzene rings is 1. The topological polar surface area (TPSA) is 44.0 Å². The fraction of sp³-hybridized carbons (Fsp3) is 0.333. The van der Waals surface area contributed by atoms with Crippen LogP contribution in [0, 0.1) is 11.7 Å². The van der Waals surface area contributed by atoms with E-state index in [4.69, 9.17) is 0 Å². The van der Waals surface area contributed by atoms with Gasteiger partial charge in [-0.15, -0.1) is 0 Å². The molecule has 1 saturated carbocycles. The Labute approximate surface area is 115 Å². The van der Waals surface area contributed by atoms with Crippen LogP contribution < -0.4 is 11.1 Å². The van der Waals surface area contributed by atoms with E-state index in [2.05, 4.69) is 0 Å². The van der Waals surface area contributed by atoms with Gasteiger partial charge < -0.3 is 4.57 Å². The normalized spacial score (nSPS) is 15.1. The first-order valence-electron chi connectivity index (χ1n) is 6.73. The molecule has 20 heavy (non-hydrogen) atoms. The summed E-state index contributed by atoms with van der Waals surface area (Å²) in [6, 6.07) is 5.64. The number of aromatic nitrogens is 2. The van der Waals surface area contributed by atoms with Gasteiger partial charge in [-0.2, -0.15) is 0 Å². The lowest BCUT2D eigenvalue weighted by molar-refractivity contribution is 0.272. The molecule has 0 saturated heterocycles. The Morgan fingerprint density at radius 1 is 1.15 bits per heavy atom. The number of hydrogen-bond acceptors (Lipinski definition) is 2. The Bertz CT molecular complexity index is 744. The van der Waals surface area contributed by atoms with Crippen molar-refractivity contribution in [2.75, 3.05) is 0 Å². The van der Waals surface area contributed by atoms with E-state index in [9.17, 15) is 14.0 Å². The first-order chi connectivity index (χ1) is 9.65. The van der Waals surface area contributed by atoms with Gasteiger partial charge in [-0.3, -0.25) is 14.2 Å². The standard InChI is InChI=1S/C15H15FN2O2/c16-12-5-2-6-13(9-12)18-8-7-17(14(19)15(18)20)10-11-3-1-4-11/h2,5-9,11H,1,3-4,10H2. The molecule has 5 heteroatoms. The van der Waals surface area contributed by atoms with Crippen LogP contribution in [0.1, 0.15) is 19.3 Å². The van der Waals surface area contributed by atoms with Crippen LogP contribution in [0.4, 0.5) is 4.39 Å². The lowest BCUT2D eigenvalue weighted by Gasteiger charge is -2.25. The van der Waals surface area contributed by atoms with Crippen molar-refractivity contribution < 1.29 is 4.39 Å². The van der Waals surface area contributed by atoms with Crippen molar-refractivity contribution in [3.05, 3.63) is 63.2 Å². The van der Waals surface area contributed by atoms with Crippen molar-refractivity contribution in [1.82, 2.24) is 9.13 Å². The predicted octanol–water partition coefficient (Wildman–Crippen LogP) is 1.94. The highest BCUT2D eigenvalue weighted by atomic mass is 19.1. The lowest BCUT2D eigenvalue weighted by atomic mass is 9.85. The van der Waals surface area contributed by atoms with Gasteiger partial charge in [-0.25, -0.2) is 4.39 Å². The van der Waals surface area contributed by atoms with Crippen LogP contribution in [0.2, 0.25) is 0 Å². The zero-order valence-corrected chi connectivity index (χ0v) is 11.0. The van der Waals surface area contributed by atoms with E-state index in [0.717, 1.165) is 12.8 Å². The maximum atomic E-state index is 13.2. The van der Waals surface area contributed by atoms with E-state index < -0.39 is 16.9 Å². The van der Waals surface area contributed by atoms with Gasteiger partial charge in [0.1, 0.15) is 5.82 Å². The lowest BCUT2D eigenvalue weighted by Crippen LogP contribution is -2.41. The Morgan fingerprint density at radius 2 is 1.95 bits per heavy atom. The summed E-state index contributed by atoms with van der Waals surface area (Å²) in [6.07, 6.45) is 6.54. The van der Waals surface area contributed by atoms with Gasteiger partial charge in [0.15, 0.2) is 0 Å². The molecule has 2 aromatic rings. The van der Waals surface area contributed by atoms with E-state index >= 15 is 0 Å². The summed E-state index contributed by atoms with van der Waals surface area (Å²) < 4.78 is 15.8. The smallest absolute Gasteiger partial charge is 0.309 e. The molecule has 104 valence electrons. The third-order valence-electron chi connectivity index (χ3n) is 3.82. The summed E-state index contributed by atoms with van der Waals surface area (Å²) in [5.41, 5.74) is -0.830. The van der Waals surface area contributed by atoms with Crippen LogP contribution >= 0.6 is 0 Å². The predicted molar refractivity (Wildman–Crippen MR) is 73.6 cm³/mol. The summed E-state index contributed by atoms with van der Waals surface area (Å²) in [7, 11) is 0. The van der Waals surface area contributed by atoms with Crippen LogP contribution in [-0.2, 0) is 6.54 Å². The Morgan fingerprint density at radius 3 is 2.60 bits per heavy atom. The average molecular weight is 274 g/mol.